The zero-order valence-corrected chi connectivity index (χ0v) is 11.6. The van der Waals surface area contributed by atoms with Crippen LogP contribution in [-0.2, 0) is 6.42 Å². The van der Waals surface area contributed by atoms with Gasteiger partial charge in [-0.25, -0.2) is 0 Å². The first-order valence-electron chi connectivity index (χ1n) is 6.94. The molecule has 0 spiro atoms. The van der Waals surface area contributed by atoms with Gasteiger partial charge in [0, 0.05) is 5.92 Å². The lowest BCUT2D eigenvalue weighted by atomic mass is 10.0. The minimum Gasteiger partial charge on any atom is -0.494 e. The van der Waals surface area contributed by atoms with Gasteiger partial charge in [0.15, 0.2) is 0 Å². The van der Waals surface area contributed by atoms with Crippen LogP contribution >= 0.6 is 0 Å². The highest BCUT2D eigenvalue weighted by atomic mass is 16.5. The van der Waals surface area contributed by atoms with Gasteiger partial charge in [0.2, 0.25) is 0 Å². The van der Waals surface area contributed by atoms with Crippen LogP contribution in [-0.4, -0.2) is 6.61 Å². The second kappa shape index (κ2) is 8.64. The third kappa shape index (κ3) is 5.77. The molecular formula is C17H24O. The molecule has 0 amide bonds. The van der Waals surface area contributed by atoms with Gasteiger partial charge in [-0.15, -0.1) is 12.3 Å². The summed E-state index contributed by atoms with van der Waals surface area (Å²) < 4.78 is 5.70. The number of unbranched alkanes of at least 4 members (excludes halogenated alkanes) is 3. The molecule has 1 nitrogen and oxygen atoms in total. The highest BCUT2D eigenvalue weighted by Gasteiger charge is 2.00. The van der Waals surface area contributed by atoms with Crippen LogP contribution < -0.4 is 4.74 Å². The van der Waals surface area contributed by atoms with Crippen LogP contribution in [0.3, 0.4) is 0 Å². The molecule has 0 aliphatic carbocycles. The summed E-state index contributed by atoms with van der Waals surface area (Å²) in [5.41, 5.74) is 1.28. The Morgan fingerprint density at radius 2 is 1.89 bits per heavy atom. The number of ether oxygens (including phenoxy) is 1. The zero-order valence-electron chi connectivity index (χ0n) is 11.6. The van der Waals surface area contributed by atoms with Gasteiger partial charge in [-0.3, -0.25) is 0 Å². The Kier molecular flexibility index (Phi) is 7.03. The number of benzene rings is 1. The number of hydrogen-bond donors (Lipinski definition) is 0. The summed E-state index contributed by atoms with van der Waals surface area (Å²) in [6.07, 6.45) is 11.3. The standard InChI is InChI=1S/C17H24O/c1-4-6-7-8-13-18-17-11-9-16(10-12-17)14-15(3)5-2/h2,9-12,15H,4,6-8,13-14H2,1,3H3. The van der Waals surface area contributed by atoms with E-state index in [0.29, 0.717) is 5.92 Å². The molecule has 18 heavy (non-hydrogen) atoms. The summed E-state index contributed by atoms with van der Waals surface area (Å²) in [4.78, 5) is 0. The highest BCUT2D eigenvalue weighted by molar-refractivity contribution is 5.28. The number of terminal acetylenes is 1. The van der Waals surface area contributed by atoms with Gasteiger partial charge in [0.05, 0.1) is 6.61 Å². The molecule has 1 unspecified atom stereocenters. The van der Waals surface area contributed by atoms with E-state index < -0.39 is 0 Å². The highest BCUT2D eigenvalue weighted by Crippen LogP contribution is 2.15. The third-order valence-electron chi connectivity index (χ3n) is 3.02. The van der Waals surface area contributed by atoms with Crippen LogP contribution in [0.15, 0.2) is 24.3 Å². The smallest absolute Gasteiger partial charge is 0.119 e. The second-order valence-electron chi connectivity index (χ2n) is 4.82. The molecule has 1 aromatic rings. The van der Waals surface area contributed by atoms with E-state index in [1.54, 1.807) is 0 Å². The molecule has 0 radical (unpaired) electrons. The molecule has 1 atom stereocenters. The lowest BCUT2D eigenvalue weighted by molar-refractivity contribution is 0.305. The maximum absolute atomic E-state index is 5.70. The van der Waals surface area contributed by atoms with Crippen LogP contribution in [0.4, 0.5) is 0 Å². The SMILES string of the molecule is C#CC(C)Cc1ccc(OCCCCCC)cc1. The van der Waals surface area contributed by atoms with Crippen molar-refractivity contribution in [1.82, 2.24) is 0 Å². The van der Waals surface area contributed by atoms with Crippen LogP contribution in [0.1, 0.15) is 45.1 Å². The quantitative estimate of drug-likeness (QED) is 0.484. The monoisotopic (exact) mass is 244 g/mol. The molecule has 0 bridgehead atoms. The molecule has 0 saturated carbocycles. The maximum Gasteiger partial charge on any atom is 0.119 e. The Labute approximate surface area is 112 Å². The lowest BCUT2D eigenvalue weighted by Crippen LogP contribution is -1.98. The number of rotatable bonds is 8. The minimum absolute atomic E-state index is 0.297. The van der Waals surface area contributed by atoms with Gasteiger partial charge >= 0.3 is 0 Å². The molecule has 0 aliphatic rings. The molecule has 1 heteroatoms. The van der Waals surface area contributed by atoms with Crippen molar-refractivity contribution in [2.24, 2.45) is 5.92 Å². The fourth-order valence-electron chi connectivity index (χ4n) is 1.85. The topological polar surface area (TPSA) is 9.23 Å². The van der Waals surface area contributed by atoms with E-state index in [-0.39, 0.29) is 0 Å². The average molecular weight is 244 g/mol. The van der Waals surface area contributed by atoms with Gasteiger partial charge in [0.1, 0.15) is 5.75 Å². The molecule has 0 heterocycles. The van der Waals surface area contributed by atoms with Crippen molar-refractivity contribution >= 4 is 0 Å². The Bertz CT molecular complexity index is 358. The van der Waals surface area contributed by atoms with Crippen LogP contribution in [0.5, 0.6) is 5.75 Å². The van der Waals surface area contributed by atoms with Crippen molar-refractivity contribution in [2.75, 3.05) is 6.61 Å². The molecule has 0 N–H and O–H groups in total. The minimum atomic E-state index is 0.297. The first-order chi connectivity index (χ1) is 8.76. The third-order valence-corrected chi connectivity index (χ3v) is 3.02. The largest absolute Gasteiger partial charge is 0.494 e. The Morgan fingerprint density at radius 1 is 1.17 bits per heavy atom. The van der Waals surface area contributed by atoms with E-state index in [9.17, 15) is 0 Å². The predicted molar refractivity (Wildman–Crippen MR) is 77.8 cm³/mol. The van der Waals surface area contributed by atoms with Crippen molar-refractivity contribution in [3.63, 3.8) is 0 Å². The molecule has 1 aromatic carbocycles. The second-order valence-corrected chi connectivity index (χ2v) is 4.82. The van der Waals surface area contributed by atoms with Gasteiger partial charge in [-0.2, -0.15) is 0 Å². The average Bonchev–Trinajstić information content (AvgIpc) is 2.40. The maximum atomic E-state index is 5.70. The van der Waals surface area contributed by atoms with Crippen molar-refractivity contribution in [3.05, 3.63) is 29.8 Å². The van der Waals surface area contributed by atoms with Gasteiger partial charge in [-0.05, 0) is 30.5 Å². The molecule has 1 rings (SSSR count). The van der Waals surface area contributed by atoms with Crippen molar-refractivity contribution in [1.29, 1.82) is 0 Å². The van der Waals surface area contributed by atoms with E-state index in [4.69, 9.17) is 11.2 Å². The first kappa shape index (κ1) is 14.6. The van der Waals surface area contributed by atoms with Crippen molar-refractivity contribution in [3.8, 4) is 18.1 Å². The van der Waals surface area contributed by atoms with Crippen LogP contribution in [0.25, 0.3) is 0 Å². The van der Waals surface area contributed by atoms with Gasteiger partial charge in [0.25, 0.3) is 0 Å². The Hall–Kier alpha value is -1.42. The fourth-order valence-corrected chi connectivity index (χ4v) is 1.85. The summed E-state index contributed by atoms with van der Waals surface area (Å²) in [6, 6.07) is 8.29. The van der Waals surface area contributed by atoms with E-state index in [0.717, 1.165) is 25.2 Å². The Morgan fingerprint density at radius 3 is 2.50 bits per heavy atom. The van der Waals surface area contributed by atoms with E-state index in [1.807, 2.05) is 12.1 Å². The summed E-state index contributed by atoms with van der Waals surface area (Å²) in [7, 11) is 0. The molecular weight excluding hydrogens is 220 g/mol. The van der Waals surface area contributed by atoms with Crippen molar-refractivity contribution in [2.45, 2.75) is 46.0 Å². The zero-order chi connectivity index (χ0) is 13.2. The summed E-state index contributed by atoms with van der Waals surface area (Å²) in [6.45, 7) is 5.11. The predicted octanol–water partition coefficient (Wildman–Crippen LogP) is 4.46. The fraction of sp³-hybridized carbons (Fsp3) is 0.529. The molecule has 98 valence electrons. The van der Waals surface area contributed by atoms with Crippen LogP contribution in [0, 0.1) is 18.3 Å². The molecule has 0 saturated heterocycles. The Balaban J connectivity index is 2.30. The van der Waals surface area contributed by atoms with E-state index in [1.165, 1.54) is 24.8 Å². The molecule has 0 aliphatic heterocycles. The summed E-state index contributed by atoms with van der Waals surface area (Å²) in [5.74, 6) is 4.01. The van der Waals surface area contributed by atoms with E-state index >= 15 is 0 Å². The van der Waals surface area contributed by atoms with Crippen molar-refractivity contribution < 1.29 is 4.74 Å². The summed E-state index contributed by atoms with van der Waals surface area (Å²) >= 11 is 0. The lowest BCUT2D eigenvalue weighted by Gasteiger charge is -2.08. The van der Waals surface area contributed by atoms with E-state index in [2.05, 4.69) is 31.9 Å². The van der Waals surface area contributed by atoms with Crippen LogP contribution in [0.2, 0.25) is 0 Å². The summed E-state index contributed by atoms with van der Waals surface area (Å²) in [5, 5.41) is 0. The molecule has 0 fully saturated rings. The first-order valence-corrected chi connectivity index (χ1v) is 6.94. The molecule has 0 aromatic heterocycles. The normalized spacial score (nSPS) is 11.8. The van der Waals surface area contributed by atoms with Gasteiger partial charge < -0.3 is 4.74 Å². The number of hydrogen-bond acceptors (Lipinski definition) is 1. The van der Waals surface area contributed by atoms with Gasteiger partial charge in [-0.1, -0.05) is 45.2 Å².